The summed E-state index contributed by atoms with van der Waals surface area (Å²) in [6, 6.07) is 34.8. The molecule has 0 spiro atoms. The molecule has 65 heavy (non-hydrogen) atoms. The van der Waals surface area contributed by atoms with E-state index >= 15 is 0 Å². The van der Waals surface area contributed by atoms with E-state index in [4.69, 9.17) is 0 Å². The summed E-state index contributed by atoms with van der Waals surface area (Å²) in [5.74, 6) is -0.177. The van der Waals surface area contributed by atoms with Crippen molar-refractivity contribution in [2.24, 2.45) is 5.92 Å². The van der Waals surface area contributed by atoms with Gasteiger partial charge in [0.2, 0.25) is 0 Å². The first kappa shape index (κ1) is 48.2. The number of hydrogen-bond donors (Lipinski definition) is 1. The molecular formula is C56H74F2N4O3+2. The minimum Gasteiger partial charge on any atom is -0.375 e. The number of benzene rings is 4. The molecular weight excluding hydrogens is 815 g/mol. The number of aliphatic hydroxyl groups is 1. The van der Waals surface area contributed by atoms with E-state index in [1.807, 2.05) is 77.7 Å². The van der Waals surface area contributed by atoms with Gasteiger partial charge in [-0.25, -0.2) is 8.78 Å². The monoisotopic (exact) mass is 889 g/mol. The van der Waals surface area contributed by atoms with Gasteiger partial charge in [0, 0.05) is 76.2 Å². The number of quaternary nitrogens is 2. The lowest BCUT2D eigenvalue weighted by atomic mass is 9.78. The third kappa shape index (κ3) is 11.6. The summed E-state index contributed by atoms with van der Waals surface area (Å²) in [4.78, 5) is 31.3. The van der Waals surface area contributed by atoms with Crippen LogP contribution in [0.3, 0.4) is 0 Å². The lowest BCUT2D eigenvalue weighted by Gasteiger charge is -2.45. The molecule has 2 saturated heterocycles. The zero-order valence-electron chi connectivity index (χ0n) is 39.6. The van der Waals surface area contributed by atoms with E-state index in [2.05, 4.69) is 45.2 Å². The van der Waals surface area contributed by atoms with Gasteiger partial charge < -0.3 is 23.9 Å². The van der Waals surface area contributed by atoms with Gasteiger partial charge >= 0.3 is 0 Å². The quantitative estimate of drug-likeness (QED) is 0.108. The van der Waals surface area contributed by atoms with Gasteiger partial charge in [-0.05, 0) is 72.9 Å². The second kappa shape index (κ2) is 21.7. The van der Waals surface area contributed by atoms with Crippen LogP contribution in [0.5, 0.6) is 0 Å². The molecule has 1 N–H and O–H groups in total. The molecule has 9 heteroatoms. The van der Waals surface area contributed by atoms with Crippen molar-refractivity contribution in [2.45, 2.75) is 108 Å². The summed E-state index contributed by atoms with van der Waals surface area (Å²) in [5.41, 5.74) is 4.21. The van der Waals surface area contributed by atoms with Crippen molar-refractivity contribution in [2.75, 3.05) is 67.5 Å². The standard InChI is InChI=1S/C28H38FN2O2.C28H36FN2O/c1-31(2,21-18-22-10-6-9-15-26(22)29)25-16-19-30(20-17-25)27(32)28(33,24-13-7-8-14-24)23-11-4-3-5-12-23;1-31(2,21-18-22-10-8-9-15-26(22)29)25-16-19-30(20-17-25)28(32)27(24-13-6-7-14-24)23-11-4-3-5-12-23/h3-6,9-12,15,24-25,33H,7-8,13-14,16-21H2,1-2H3;3-5,8-12,15,25H,6-7,13-14,16-21H2,1-2H3/q2*+1/t28-;/m0./s1. The van der Waals surface area contributed by atoms with Gasteiger partial charge in [0.25, 0.3) is 11.8 Å². The number of carbonyl (C=O) groups is 2. The molecule has 348 valence electrons. The lowest BCUT2D eigenvalue weighted by molar-refractivity contribution is -0.916. The number of amides is 2. The number of piperidine rings is 2. The van der Waals surface area contributed by atoms with E-state index in [1.54, 1.807) is 18.2 Å². The fourth-order valence-corrected chi connectivity index (χ4v) is 11.2. The molecule has 8 rings (SSSR count). The number of likely N-dealkylation sites (N-methyl/N-ethyl adjacent to an activating group) is 2. The largest absolute Gasteiger partial charge is 0.375 e. The predicted molar refractivity (Wildman–Crippen MR) is 257 cm³/mol. The van der Waals surface area contributed by atoms with Gasteiger partial charge in [0.15, 0.2) is 5.60 Å². The van der Waals surface area contributed by atoms with Crippen LogP contribution in [-0.2, 0) is 28.0 Å². The number of nitrogens with zero attached hydrogens (tertiary/aromatic N) is 4. The Labute approximate surface area is 387 Å². The zero-order valence-corrected chi connectivity index (χ0v) is 39.6. The van der Waals surface area contributed by atoms with Gasteiger partial charge in [-0.1, -0.05) is 115 Å². The van der Waals surface area contributed by atoms with E-state index in [0.717, 1.165) is 134 Å². The highest BCUT2D eigenvalue weighted by Gasteiger charge is 2.49. The number of hydrogen-bond acceptors (Lipinski definition) is 3. The van der Waals surface area contributed by atoms with E-state index < -0.39 is 5.60 Å². The maximum Gasteiger partial charge on any atom is 0.259 e. The summed E-state index contributed by atoms with van der Waals surface area (Å²) in [6.07, 6.45) is 13.6. The fourth-order valence-electron chi connectivity index (χ4n) is 11.2. The molecule has 4 fully saturated rings. The van der Waals surface area contributed by atoms with Crippen molar-refractivity contribution in [3.05, 3.63) is 149 Å². The second-order valence-corrected chi connectivity index (χ2v) is 20.4. The highest BCUT2D eigenvalue weighted by molar-refractivity contribution is 6.20. The smallest absolute Gasteiger partial charge is 0.259 e. The van der Waals surface area contributed by atoms with Crippen LogP contribution in [0.4, 0.5) is 8.78 Å². The SMILES string of the molecule is C[N+](C)(CCc1ccccc1F)C1CCN(C(=O)C(=C2CCCC2)c2ccccc2)CC1.C[N+](C)(CCc1ccccc1F)C1CCN(C(=O)[C@](O)(c2ccccc2)C2CCCC2)CC1. The molecule has 2 aliphatic heterocycles. The maximum atomic E-state index is 14.1. The third-order valence-corrected chi connectivity index (χ3v) is 15.6. The molecule has 0 radical (unpaired) electrons. The Morgan fingerprint density at radius 2 is 1.02 bits per heavy atom. The van der Waals surface area contributed by atoms with Crippen LogP contribution in [0.15, 0.2) is 115 Å². The normalized spacial score (nSPS) is 18.8. The zero-order chi connectivity index (χ0) is 46.0. The van der Waals surface area contributed by atoms with Crippen molar-refractivity contribution in [1.29, 1.82) is 0 Å². The molecule has 2 saturated carbocycles. The van der Waals surface area contributed by atoms with Gasteiger partial charge in [0.05, 0.1) is 53.4 Å². The van der Waals surface area contributed by atoms with Crippen LogP contribution >= 0.6 is 0 Å². The van der Waals surface area contributed by atoms with E-state index in [1.165, 1.54) is 24.5 Å². The Balaban J connectivity index is 0.000000194. The summed E-state index contributed by atoms with van der Waals surface area (Å²) >= 11 is 0. The van der Waals surface area contributed by atoms with E-state index in [9.17, 15) is 23.5 Å². The highest BCUT2D eigenvalue weighted by atomic mass is 19.1. The van der Waals surface area contributed by atoms with Crippen LogP contribution < -0.4 is 0 Å². The van der Waals surface area contributed by atoms with Gasteiger partial charge in [0.1, 0.15) is 11.6 Å². The van der Waals surface area contributed by atoms with Gasteiger partial charge in [-0.3, -0.25) is 9.59 Å². The Kier molecular flexibility index (Phi) is 16.1. The first-order chi connectivity index (χ1) is 31.3. The number of likely N-dealkylation sites (tertiary alicyclic amines) is 2. The second-order valence-electron chi connectivity index (χ2n) is 20.4. The van der Waals surface area contributed by atoms with E-state index in [-0.39, 0.29) is 29.4 Å². The molecule has 4 aromatic rings. The third-order valence-electron chi connectivity index (χ3n) is 15.6. The van der Waals surface area contributed by atoms with Crippen LogP contribution in [-0.4, -0.2) is 115 Å². The number of halogens is 2. The van der Waals surface area contributed by atoms with E-state index in [0.29, 0.717) is 31.6 Å². The topological polar surface area (TPSA) is 60.9 Å². The summed E-state index contributed by atoms with van der Waals surface area (Å²) < 4.78 is 29.8. The lowest BCUT2D eigenvalue weighted by Crippen LogP contribution is -2.58. The molecule has 4 aromatic carbocycles. The maximum absolute atomic E-state index is 14.1. The van der Waals surface area contributed by atoms with Crippen molar-refractivity contribution in [3.8, 4) is 0 Å². The molecule has 2 aliphatic carbocycles. The van der Waals surface area contributed by atoms with Crippen molar-refractivity contribution >= 4 is 17.4 Å². The molecule has 2 amide bonds. The molecule has 7 nitrogen and oxygen atoms in total. The first-order valence-electron chi connectivity index (χ1n) is 24.5. The Morgan fingerprint density at radius 1 is 0.585 bits per heavy atom. The summed E-state index contributed by atoms with van der Waals surface area (Å²) in [5, 5.41) is 11.8. The fraction of sp³-hybridized carbons (Fsp3) is 0.500. The molecule has 4 aliphatic rings. The minimum absolute atomic E-state index is 0.0156. The summed E-state index contributed by atoms with van der Waals surface area (Å²) in [6.45, 7) is 4.68. The van der Waals surface area contributed by atoms with Gasteiger partial charge in [-0.2, -0.15) is 0 Å². The van der Waals surface area contributed by atoms with Crippen molar-refractivity contribution in [1.82, 2.24) is 9.80 Å². The van der Waals surface area contributed by atoms with Gasteiger partial charge in [-0.15, -0.1) is 0 Å². The number of carbonyl (C=O) groups excluding carboxylic acids is 2. The van der Waals surface area contributed by atoms with Crippen molar-refractivity contribution < 1.29 is 32.4 Å². The Hall–Kier alpha value is -4.70. The molecule has 0 aromatic heterocycles. The summed E-state index contributed by atoms with van der Waals surface area (Å²) in [7, 11) is 8.92. The predicted octanol–water partition coefficient (Wildman–Crippen LogP) is 9.98. The van der Waals surface area contributed by atoms with Crippen LogP contribution in [0.1, 0.15) is 99.3 Å². The molecule has 2 heterocycles. The molecule has 1 atom stereocenters. The Bertz CT molecular complexity index is 2200. The van der Waals surface area contributed by atoms with Crippen LogP contribution in [0, 0.1) is 17.6 Å². The van der Waals surface area contributed by atoms with Crippen molar-refractivity contribution in [3.63, 3.8) is 0 Å². The first-order valence-corrected chi connectivity index (χ1v) is 24.5. The minimum atomic E-state index is -1.43. The number of allylic oxidation sites excluding steroid dienone is 1. The molecule has 0 unspecified atom stereocenters. The number of rotatable bonds is 13. The average molecular weight is 889 g/mol. The average Bonchev–Trinajstić information content (AvgIpc) is 4.08. The van der Waals surface area contributed by atoms with Crippen LogP contribution in [0.25, 0.3) is 5.57 Å². The highest BCUT2D eigenvalue weighted by Crippen LogP contribution is 2.42. The molecule has 0 bridgehead atoms. The Morgan fingerprint density at radius 3 is 1.49 bits per heavy atom. The van der Waals surface area contributed by atoms with Crippen LogP contribution in [0.2, 0.25) is 0 Å².